The molecular formula is C21H22F2N4O2S. The second-order valence-corrected chi connectivity index (χ2v) is 9.64. The largest absolute Gasteiger partial charge is 0.303 e. The summed E-state index contributed by atoms with van der Waals surface area (Å²) in [6.07, 6.45) is 4.77. The zero-order valence-corrected chi connectivity index (χ0v) is 17.1. The molecule has 158 valence electrons. The molecular weight excluding hydrogens is 410 g/mol. The van der Waals surface area contributed by atoms with E-state index in [1.54, 1.807) is 41.3 Å². The monoisotopic (exact) mass is 432 g/mol. The van der Waals surface area contributed by atoms with Gasteiger partial charge in [0.15, 0.2) is 9.84 Å². The molecule has 0 atom stereocenters. The average Bonchev–Trinajstić information content (AvgIpc) is 3.28. The maximum Gasteiger partial charge on any atom is 0.181 e. The number of hydrogen-bond acceptors (Lipinski definition) is 5. The van der Waals surface area contributed by atoms with Crippen LogP contribution in [0.4, 0.5) is 8.78 Å². The van der Waals surface area contributed by atoms with Crippen LogP contribution in [-0.4, -0.2) is 53.2 Å². The molecule has 0 radical (unpaired) electrons. The van der Waals surface area contributed by atoms with Crippen molar-refractivity contribution >= 4 is 9.84 Å². The molecule has 1 fully saturated rings. The van der Waals surface area contributed by atoms with E-state index in [0.717, 1.165) is 11.8 Å². The van der Waals surface area contributed by atoms with Gasteiger partial charge in [-0.1, -0.05) is 11.3 Å². The lowest BCUT2D eigenvalue weighted by atomic mass is 10.1. The minimum Gasteiger partial charge on any atom is -0.303 e. The molecule has 30 heavy (non-hydrogen) atoms. The van der Waals surface area contributed by atoms with E-state index < -0.39 is 26.7 Å². The number of piperidine rings is 1. The quantitative estimate of drug-likeness (QED) is 0.599. The molecule has 0 saturated carbocycles. The van der Waals surface area contributed by atoms with Crippen LogP contribution in [0, 0.1) is 11.6 Å². The summed E-state index contributed by atoms with van der Waals surface area (Å²) in [5.41, 5.74) is 1.22. The van der Waals surface area contributed by atoms with E-state index in [2.05, 4.69) is 15.2 Å². The van der Waals surface area contributed by atoms with E-state index in [4.69, 9.17) is 0 Å². The van der Waals surface area contributed by atoms with Crippen LogP contribution in [0.5, 0.6) is 0 Å². The first-order valence-corrected chi connectivity index (χ1v) is 11.3. The fourth-order valence-electron chi connectivity index (χ4n) is 3.77. The third kappa shape index (κ3) is 4.41. The first-order chi connectivity index (χ1) is 14.4. The van der Waals surface area contributed by atoms with Crippen molar-refractivity contribution in [2.45, 2.75) is 29.4 Å². The van der Waals surface area contributed by atoms with Gasteiger partial charge in [-0.05, 0) is 68.2 Å². The lowest BCUT2D eigenvalue weighted by Gasteiger charge is -2.31. The number of halogens is 2. The Morgan fingerprint density at radius 3 is 2.40 bits per heavy atom. The highest BCUT2D eigenvalue weighted by Gasteiger charge is 2.31. The minimum atomic E-state index is -3.42. The summed E-state index contributed by atoms with van der Waals surface area (Å²) in [6, 6.07) is 10.3. The first-order valence-electron chi connectivity index (χ1n) is 9.80. The molecule has 1 aliphatic heterocycles. The number of sulfone groups is 1. The Kier molecular flexibility index (Phi) is 5.92. The van der Waals surface area contributed by atoms with Gasteiger partial charge in [0.2, 0.25) is 0 Å². The molecule has 0 spiro atoms. The van der Waals surface area contributed by atoms with Crippen LogP contribution in [-0.2, 0) is 16.3 Å². The summed E-state index contributed by atoms with van der Waals surface area (Å²) < 4.78 is 54.4. The van der Waals surface area contributed by atoms with Crippen molar-refractivity contribution in [3.63, 3.8) is 0 Å². The van der Waals surface area contributed by atoms with Crippen molar-refractivity contribution in [2.24, 2.45) is 0 Å². The van der Waals surface area contributed by atoms with Gasteiger partial charge in [0.05, 0.1) is 28.2 Å². The van der Waals surface area contributed by atoms with E-state index in [-0.39, 0.29) is 0 Å². The summed E-state index contributed by atoms with van der Waals surface area (Å²) in [5.74, 6) is -1.13. The molecule has 0 unspecified atom stereocenters. The molecule has 6 nitrogen and oxygen atoms in total. The molecule has 1 aromatic heterocycles. The predicted octanol–water partition coefficient (Wildman–Crippen LogP) is 3.03. The molecule has 0 bridgehead atoms. The number of hydrogen-bond donors (Lipinski definition) is 0. The summed E-state index contributed by atoms with van der Waals surface area (Å²) >= 11 is 0. The highest BCUT2D eigenvalue weighted by molar-refractivity contribution is 7.92. The van der Waals surface area contributed by atoms with Crippen molar-refractivity contribution in [1.29, 1.82) is 0 Å². The summed E-state index contributed by atoms with van der Waals surface area (Å²) in [5, 5.41) is 7.20. The number of nitrogens with zero attached hydrogens (tertiary/aromatic N) is 4. The highest BCUT2D eigenvalue weighted by atomic mass is 32.2. The highest BCUT2D eigenvalue weighted by Crippen LogP contribution is 2.25. The molecule has 1 aliphatic rings. The van der Waals surface area contributed by atoms with Gasteiger partial charge in [0, 0.05) is 12.6 Å². The van der Waals surface area contributed by atoms with E-state index >= 15 is 0 Å². The number of aromatic nitrogens is 3. The Bertz CT molecular complexity index is 1090. The predicted molar refractivity (Wildman–Crippen MR) is 108 cm³/mol. The Hall–Kier alpha value is -2.65. The average molecular weight is 432 g/mol. The van der Waals surface area contributed by atoms with E-state index in [0.29, 0.717) is 49.4 Å². The molecule has 2 heterocycles. The van der Waals surface area contributed by atoms with E-state index in [9.17, 15) is 17.2 Å². The zero-order chi connectivity index (χ0) is 21.1. The fourth-order valence-corrected chi connectivity index (χ4v) is 5.50. The fraction of sp³-hybridized carbons (Fsp3) is 0.333. The van der Waals surface area contributed by atoms with Gasteiger partial charge >= 0.3 is 0 Å². The Morgan fingerprint density at radius 1 is 1.03 bits per heavy atom. The Morgan fingerprint density at radius 2 is 1.77 bits per heavy atom. The summed E-state index contributed by atoms with van der Waals surface area (Å²) in [6.45, 7) is 1.87. The van der Waals surface area contributed by atoms with Crippen LogP contribution in [0.2, 0.25) is 0 Å². The Balaban J connectivity index is 1.34. The minimum absolute atomic E-state index is 0.304. The summed E-state index contributed by atoms with van der Waals surface area (Å²) in [4.78, 5) is 2.43. The molecule has 3 aromatic rings. The topological polar surface area (TPSA) is 68.1 Å². The number of rotatable bonds is 6. The zero-order valence-electron chi connectivity index (χ0n) is 16.3. The van der Waals surface area contributed by atoms with Gasteiger partial charge in [0.1, 0.15) is 11.6 Å². The maximum atomic E-state index is 13.8. The second-order valence-electron chi connectivity index (χ2n) is 7.41. The van der Waals surface area contributed by atoms with Gasteiger partial charge in [0.25, 0.3) is 0 Å². The van der Waals surface area contributed by atoms with Crippen LogP contribution in [0.1, 0.15) is 18.4 Å². The third-order valence-corrected chi connectivity index (χ3v) is 7.82. The maximum absolute atomic E-state index is 13.8. The van der Waals surface area contributed by atoms with E-state index in [1.165, 1.54) is 12.1 Å². The molecule has 2 aromatic carbocycles. The van der Waals surface area contributed by atoms with Crippen LogP contribution in [0.15, 0.2) is 59.8 Å². The molecule has 0 amide bonds. The van der Waals surface area contributed by atoms with Crippen LogP contribution in [0.3, 0.4) is 0 Å². The van der Waals surface area contributed by atoms with Crippen molar-refractivity contribution in [3.8, 4) is 5.69 Å². The Labute approximate surface area is 174 Å². The third-order valence-electron chi connectivity index (χ3n) is 5.54. The van der Waals surface area contributed by atoms with Crippen LogP contribution >= 0.6 is 0 Å². The van der Waals surface area contributed by atoms with Gasteiger partial charge in [-0.15, -0.1) is 5.10 Å². The van der Waals surface area contributed by atoms with Gasteiger partial charge in [-0.2, -0.15) is 0 Å². The van der Waals surface area contributed by atoms with Gasteiger partial charge in [-0.25, -0.2) is 21.9 Å². The lowest BCUT2D eigenvalue weighted by molar-refractivity contribution is 0.232. The lowest BCUT2D eigenvalue weighted by Crippen LogP contribution is -2.40. The molecule has 0 N–H and O–H groups in total. The number of benzene rings is 2. The van der Waals surface area contributed by atoms with Crippen molar-refractivity contribution < 1.29 is 17.2 Å². The van der Waals surface area contributed by atoms with Crippen LogP contribution in [0.25, 0.3) is 5.69 Å². The molecule has 4 rings (SSSR count). The summed E-state index contributed by atoms with van der Waals surface area (Å²) in [7, 11) is -3.42. The second kappa shape index (κ2) is 8.61. The normalized spacial score (nSPS) is 16.1. The molecule has 0 aliphatic carbocycles. The number of likely N-dealkylation sites (tertiary alicyclic amines) is 1. The molecule has 1 saturated heterocycles. The standard InChI is InChI=1S/C21H22F2N4O2S/c22-17-2-1-16(21(23)15-17)7-11-26-12-8-20(9-13-26)30(28,29)19-5-3-18(4-6-19)27-14-10-24-25-27/h1-6,10,14-15,20H,7-9,11-13H2. The van der Waals surface area contributed by atoms with E-state index in [1.807, 2.05) is 0 Å². The van der Waals surface area contributed by atoms with Gasteiger partial charge < -0.3 is 4.90 Å². The molecule has 9 heteroatoms. The van der Waals surface area contributed by atoms with Crippen LogP contribution < -0.4 is 0 Å². The van der Waals surface area contributed by atoms with Crippen molar-refractivity contribution in [1.82, 2.24) is 19.9 Å². The van der Waals surface area contributed by atoms with Crippen molar-refractivity contribution in [3.05, 3.63) is 72.1 Å². The SMILES string of the molecule is O=S(=O)(c1ccc(-n2ccnn2)cc1)C1CCN(CCc2ccc(F)cc2F)CC1. The van der Waals surface area contributed by atoms with Gasteiger partial charge in [-0.3, -0.25) is 0 Å². The smallest absolute Gasteiger partial charge is 0.181 e. The van der Waals surface area contributed by atoms with Crippen molar-refractivity contribution in [2.75, 3.05) is 19.6 Å². The first kappa shape index (κ1) is 20.6.